The first kappa shape index (κ1) is 21.8. The van der Waals surface area contributed by atoms with E-state index in [2.05, 4.69) is 11.5 Å². The highest BCUT2D eigenvalue weighted by Gasteiger charge is 2.17. The van der Waals surface area contributed by atoms with Crippen LogP contribution >= 0.6 is 0 Å². The van der Waals surface area contributed by atoms with Gasteiger partial charge in [-0.2, -0.15) is 0 Å². The topological polar surface area (TPSA) is 34.5 Å². The average Bonchev–Trinajstić information content (AvgIpc) is 3.19. The Bertz CT molecular complexity index is 950. The number of carbonyl (C=O) groups excluding carboxylic acids is 1. The fourth-order valence-corrected chi connectivity index (χ4v) is 3.49. The number of ether oxygens (including phenoxy) is 1. The smallest absolute Gasteiger partial charge is 0.254 e. The van der Waals surface area contributed by atoms with Gasteiger partial charge < -0.3 is 14.2 Å². The minimum absolute atomic E-state index is 0.00672. The van der Waals surface area contributed by atoms with E-state index in [-0.39, 0.29) is 11.7 Å². The molecular formula is C25H29FN2O2. The van der Waals surface area contributed by atoms with Gasteiger partial charge in [-0.15, -0.1) is 0 Å². The molecule has 2 aromatic carbocycles. The van der Waals surface area contributed by atoms with Crippen molar-refractivity contribution in [3.63, 3.8) is 0 Å². The van der Waals surface area contributed by atoms with Gasteiger partial charge >= 0.3 is 0 Å². The van der Waals surface area contributed by atoms with Gasteiger partial charge in [0.15, 0.2) is 0 Å². The molecule has 0 spiro atoms. The molecule has 0 bridgehead atoms. The first-order valence-corrected chi connectivity index (χ1v) is 10.4. The van der Waals surface area contributed by atoms with E-state index in [1.54, 1.807) is 19.2 Å². The summed E-state index contributed by atoms with van der Waals surface area (Å²) in [6, 6.07) is 18.4. The van der Waals surface area contributed by atoms with E-state index in [4.69, 9.17) is 4.74 Å². The van der Waals surface area contributed by atoms with Crippen LogP contribution in [0.15, 0.2) is 66.9 Å². The SMILES string of the molecule is CCc1ccc(C(=O)N(CCCOC)Cc2cccn2Cc2cccc(F)c2)cc1. The van der Waals surface area contributed by atoms with E-state index >= 15 is 0 Å². The molecule has 0 radical (unpaired) electrons. The van der Waals surface area contributed by atoms with Crippen molar-refractivity contribution in [1.29, 1.82) is 0 Å². The van der Waals surface area contributed by atoms with Crippen LogP contribution in [0.5, 0.6) is 0 Å². The lowest BCUT2D eigenvalue weighted by Crippen LogP contribution is -2.33. The van der Waals surface area contributed by atoms with E-state index in [1.807, 2.05) is 53.6 Å². The summed E-state index contributed by atoms with van der Waals surface area (Å²) < 4.78 is 20.8. The molecule has 1 amide bonds. The van der Waals surface area contributed by atoms with Crippen molar-refractivity contribution in [2.24, 2.45) is 0 Å². The average molecular weight is 409 g/mol. The highest BCUT2D eigenvalue weighted by atomic mass is 19.1. The zero-order valence-corrected chi connectivity index (χ0v) is 17.7. The number of hydrogen-bond acceptors (Lipinski definition) is 2. The lowest BCUT2D eigenvalue weighted by atomic mass is 10.1. The molecule has 3 rings (SSSR count). The number of aryl methyl sites for hydroxylation is 1. The van der Waals surface area contributed by atoms with Crippen molar-refractivity contribution in [3.05, 3.63) is 95.1 Å². The summed E-state index contributed by atoms with van der Waals surface area (Å²) in [5.41, 5.74) is 3.80. The number of methoxy groups -OCH3 is 1. The maximum absolute atomic E-state index is 13.6. The van der Waals surface area contributed by atoms with Crippen molar-refractivity contribution in [3.8, 4) is 0 Å². The molecule has 30 heavy (non-hydrogen) atoms. The van der Waals surface area contributed by atoms with Gasteiger partial charge in [-0.1, -0.05) is 31.2 Å². The second kappa shape index (κ2) is 10.7. The Morgan fingerprint density at radius 1 is 1.07 bits per heavy atom. The maximum Gasteiger partial charge on any atom is 0.254 e. The molecule has 4 nitrogen and oxygen atoms in total. The number of benzene rings is 2. The highest BCUT2D eigenvalue weighted by molar-refractivity contribution is 5.94. The van der Waals surface area contributed by atoms with Crippen LogP contribution in [-0.2, 0) is 24.2 Å². The van der Waals surface area contributed by atoms with Crippen LogP contribution in [0.3, 0.4) is 0 Å². The van der Waals surface area contributed by atoms with Gasteiger partial charge in [0, 0.05) is 44.3 Å². The van der Waals surface area contributed by atoms with Gasteiger partial charge in [-0.3, -0.25) is 4.79 Å². The molecule has 5 heteroatoms. The van der Waals surface area contributed by atoms with Gasteiger partial charge in [0.25, 0.3) is 5.91 Å². The molecule has 0 saturated carbocycles. The minimum Gasteiger partial charge on any atom is -0.385 e. The third-order valence-electron chi connectivity index (χ3n) is 5.19. The van der Waals surface area contributed by atoms with Gasteiger partial charge in [-0.05, 0) is 60.4 Å². The van der Waals surface area contributed by atoms with Crippen LogP contribution < -0.4 is 0 Å². The van der Waals surface area contributed by atoms with Crippen molar-refractivity contribution >= 4 is 5.91 Å². The molecule has 1 aromatic heterocycles. The predicted octanol–water partition coefficient (Wildman–Crippen LogP) is 4.92. The van der Waals surface area contributed by atoms with Crippen LogP contribution in [0.25, 0.3) is 0 Å². The van der Waals surface area contributed by atoms with Crippen molar-refractivity contribution in [1.82, 2.24) is 9.47 Å². The van der Waals surface area contributed by atoms with Crippen LogP contribution in [0.1, 0.15) is 40.5 Å². The summed E-state index contributed by atoms with van der Waals surface area (Å²) >= 11 is 0. The number of hydrogen-bond donors (Lipinski definition) is 0. The van der Waals surface area contributed by atoms with Crippen molar-refractivity contribution in [2.75, 3.05) is 20.3 Å². The third-order valence-corrected chi connectivity index (χ3v) is 5.19. The second-order valence-corrected chi connectivity index (χ2v) is 7.38. The number of nitrogens with zero attached hydrogens (tertiary/aromatic N) is 2. The fraction of sp³-hybridized carbons (Fsp3) is 0.320. The van der Waals surface area contributed by atoms with Gasteiger partial charge in [-0.25, -0.2) is 4.39 Å². The summed E-state index contributed by atoms with van der Waals surface area (Å²) in [7, 11) is 1.67. The molecule has 0 atom stereocenters. The van der Waals surface area contributed by atoms with Crippen molar-refractivity contribution in [2.45, 2.75) is 32.9 Å². The van der Waals surface area contributed by atoms with E-state index < -0.39 is 0 Å². The van der Waals surface area contributed by atoms with Gasteiger partial charge in [0.05, 0.1) is 6.54 Å². The van der Waals surface area contributed by atoms with Gasteiger partial charge in [0.1, 0.15) is 5.82 Å². The van der Waals surface area contributed by atoms with Crippen LogP contribution in [-0.4, -0.2) is 35.6 Å². The molecule has 0 aliphatic carbocycles. The number of halogens is 1. The number of amides is 1. The quantitative estimate of drug-likeness (QED) is 0.447. The molecule has 0 aliphatic rings. The lowest BCUT2D eigenvalue weighted by Gasteiger charge is -2.24. The normalized spacial score (nSPS) is 10.9. The summed E-state index contributed by atoms with van der Waals surface area (Å²) in [6.07, 6.45) is 3.67. The van der Waals surface area contributed by atoms with Crippen LogP contribution in [0.2, 0.25) is 0 Å². The van der Waals surface area contributed by atoms with Gasteiger partial charge in [0.2, 0.25) is 0 Å². The second-order valence-electron chi connectivity index (χ2n) is 7.38. The highest BCUT2D eigenvalue weighted by Crippen LogP contribution is 2.15. The van der Waals surface area contributed by atoms with E-state index in [9.17, 15) is 9.18 Å². The summed E-state index contributed by atoms with van der Waals surface area (Å²) in [5, 5.41) is 0. The number of aromatic nitrogens is 1. The molecule has 0 aliphatic heterocycles. The van der Waals surface area contributed by atoms with Crippen molar-refractivity contribution < 1.29 is 13.9 Å². The third kappa shape index (κ3) is 5.80. The van der Waals surface area contributed by atoms with E-state index in [0.717, 1.165) is 24.1 Å². The Labute approximate surface area is 177 Å². The molecular weight excluding hydrogens is 379 g/mol. The lowest BCUT2D eigenvalue weighted by molar-refractivity contribution is 0.0720. The Kier molecular flexibility index (Phi) is 7.80. The van der Waals surface area contributed by atoms with E-state index in [1.165, 1.54) is 11.6 Å². The monoisotopic (exact) mass is 408 g/mol. The predicted molar refractivity (Wildman–Crippen MR) is 117 cm³/mol. The first-order valence-electron chi connectivity index (χ1n) is 10.4. The maximum atomic E-state index is 13.6. The molecule has 1 heterocycles. The fourth-order valence-electron chi connectivity index (χ4n) is 3.49. The molecule has 158 valence electrons. The molecule has 0 unspecified atom stereocenters. The number of rotatable bonds is 10. The molecule has 0 saturated heterocycles. The molecule has 3 aromatic rings. The number of carbonyl (C=O) groups is 1. The standard InChI is InChI=1S/C25H29FN2O2/c1-3-20-10-12-22(13-11-20)25(29)28(15-6-16-30-2)19-24-9-5-14-27(24)18-21-7-4-8-23(26)17-21/h4-5,7-14,17H,3,6,15-16,18-19H2,1-2H3. The summed E-state index contributed by atoms with van der Waals surface area (Å²) in [4.78, 5) is 15.1. The Morgan fingerprint density at radius 2 is 1.87 bits per heavy atom. The Morgan fingerprint density at radius 3 is 2.57 bits per heavy atom. The van der Waals surface area contributed by atoms with Crippen LogP contribution in [0, 0.1) is 5.82 Å². The largest absolute Gasteiger partial charge is 0.385 e. The van der Waals surface area contributed by atoms with Crippen LogP contribution in [0.4, 0.5) is 4.39 Å². The molecule has 0 fully saturated rings. The van der Waals surface area contributed by atoms with E-state index in [0.29, 0.717) is 31.8 Å². The molecule has 0 N–H and O–H groups in total. The summed E-state index contributed by atoms with van der Waals surface area (Å²) in [5.74, 6) is -0.236. The zero-order chi connectivity index (χ0) is 21.3. The zero-order valence-electron chi connectivity index (χ0n) is 17.7. The minimum atomic E-state index is -0.242. The Balaban J connectivity index is 1.77. The summed E-state index contributed by atoms with van der Waals surface area (Å²) in [6.45, 7) is 4.35. The first-order chi connectivity index (χ1) is 14.6. The Hall–Kier alpha value is -2.92.